The fourth-order valence-electron chi connectivity index (χ4n) is 2.12. The molecule has 0 aliphatic heterocycles. The van der Waals surface area contributed by atoms with Gasteiger partial charge in [-0.15, -0.1) is 17.5 Å². The molecule has 0 fully saturated rings. The molecule has 1 aromatic carbocycles. The molecule has 2 rings (SSSR count). The Bertz CT molecular complexity index is 672. The van der Waals surface area contributed by atoms with E-state index in [9.17, 15) is 4.79 Å². The van der Waals surface area contributed by atoms with Crippen LogP contribution in [0.1, 0.15) is 43.1 Å². The standard InChI is InChI=1S/C16H22ClN5O.ClH/c1-4-18-9-10-19-16(23)14-20-15(11(2)3)22(21-14)13-8-6-5-7-12(13)17;/h5-8,11,18H,4,9-10H2,1-3H3,(H,19,23);1H. The van der Waals surface area contributed by atoms with Gasteiger partial charge >= 0.3 is 0 Å². The molecular formula is C16H23Cl2N5O. The predicted molar refractivity (Wildman–Crippen MR) is 98.6 cm³/mol. The molecule has 0 bridgehead atoms. The summed E-state index contributed by atoms with van der Waals surface area (Å²) < 4.78 is 1.65. The van der Waals surface area contributed by atoms with Gasteiger partial charge in [-0.05, 0) is 18.7 Å². The molecule has 0 aliphatic rings. The van der Waals surface area contributed by atoms with Gasteiger partial charge in [0.25, 0.3) is 5.91 Å². The van der Waals surface area contributed by atoms with E-state index >= 15 is 0 Å². The third kappa shape index (κ3) is 4.93. The summed E-state index contributed by atoms with van der Waals surface area (Å²) in [6, 6.07) is 7.38. The van der Waals surface area contributed by atoms with Crippen molar-refractivity contribution in [2.24, 2.45) is 0 Å². The van der Waals surface area contributed by atoms with Crippen LogP contribution in [0.4, 0.5) is 0 Å². The van der Waals surface area contributed by atoms with Gasteiger partial charge in [0, 0.05) is 19.0 Å². The maximum absolute atomic E-state index is 12.2. The summed E-state index contributed by atoms with van der Waals surface area (Å²) in [6.07, 6.45) is 0. The van der Waals surface area contributed by atoms with Crippen molar-refractivity contribution in [3.63, 3.8) is 0 Å². The zero-order valence-corrected chi connectivity index (χ0v) is 15.6. The number of hydrogen-bond acceptors (Lipinski definition) is 4. The summed E-state index contributed by atoms with van der Waals surface area (Å²) in [6.45, 7) is 8.14. The molecule has 0 saturated heterocycles. The Balaban J connectivity index is 0.00000288. The first-order valence-corrected chi connectivity index (χ1v) is 8.13. The van der Waals surface area contributed by atoms with Crippen molar-refractivity contribution >= 4 is 29.9 Å². The summed E-state index contributed by atoms with van der Waals surface area (Å²) in [5.74, 6) is 0.692. The van der Waals surface area contributed by atoms with E-state index in [0.717, 1.165) is 12.2 Å². The van der Waals surface area contributed by atoms with Crippen LogP contribution in [-0.4, -0.2) is 40.3 Å². The lowest BCUT2D eigenvalue weighted by atomic mass is 10.2. The normalized spacial score (nSPS) is 10.5. The number of para-hydroxylation sites is 1. The predicted octanol–water partition coefficient (Wildman–Crippen LogP) is 2.81. The summed E-state index contributed by atoms with van der Waals surface area (Å²) in [5.41, 5.74) is 0.720. The van der Waals surface area contributed by atoms with Crippen LogP contribution in [0.15, 0.2) is 24.3 Å². The topological polar surface area (TPSA) is 71.8 Å². The largest absolute Gasteiger partial charge is 0.348 e. The Morgan fingerprint density at radius 2 is 2.00 bits per heavy atom. The van der Waals surface area contributed by atoms with Gasteiger partial charge in [-0.25, -0.2) is 9.67 Å². The Kier molecular flexibility index (Phi) is 8.18. The Morgan fingerprint density at radius 1 is 1.29 bits per heavy atom. The van der Waals surface area contributed by atoms with Gasteiger partial charge < -0.3 is 10.6 Å². The van der Waals surface area contributed by atoms with Gasteiger partial charge in [-0.3, -0.25) is 4.79 Å². The Hall–Kier alpha value is -1.63. The zero-order chi connectivity index (χ0) is 16.8. The number of carbonyl (C=O) groups is 1. The smallest absolute Gasteiger partial charge is 0.291 e. The maximum atomic E-state index is 12.2. The number of nitrogens with zero attached hydrogens (tertiary/aromatic N) is 3. The second kappa shape index (κ2) is 9.61. The fraction of sp³-hybridized carbons (Fsp3) is 0.438. The van der Waals surface area contributed by atoms with E-state index in [1.165, 1.54) is 0 Å². The molecule has 1 amide bonds. The van der Waals surface area contributed by atoms with E-state index in [1.54, 1.807) is 10.7 Å². The van der Waals surface area contributed by atoms with E-state index < -0.39 is 0 Å². The summed E-state index contributed by atoms with van der Waals surface area (Å²) in [5, 5.41) is 10.9. The molecule has 132 valence electrons. The molecule has 0 unspecified atom stereocenters. The molecule has 1 heterocycles. The van der Waals surface area contributed by atoms with E-state index in [0.29, 0.717) is 23.9 Å². The average molecular weight is 372 g/mol. The number of aromatic nitrogens is 3. The second-order valence-electron chi connectivity index (χ2n) is 5.42. The molecule has 0 aliphatic carbocycles. The van der Waals surface area contributed by atoms with Crippen LogP contribution >= 0.6 is 24.0 Å². The lowest BCUT2D eigenvalue weighted by Crippen LogP contribution is -2.32. The van der Waals surface area contributed by atoms with E-state index in [2.05, 4.69) is 20.7 Å². The van der Waals surface area contributed by atoms with Crippen LogP contribution in [0.3, 0.4) is 0 Å². The highest BCUT2D eigenvalue weighted by Gasteiger charge is 2.20. The monoisotopic (exact) mass is 371 g/mol. The number of amides is 1. The van der Waals surface area contributed by atoms with Crippen molar-refractivity contribution in [3.05, 3.63) is 40.9 Å². The number of carbonyl (C=O) groups excluding carboxylic acids is 1. The highest BCUT2D eigenvalue weighted by atomic mass is 35.5. The van der Waals surface area contributed by atoms with Crippen molar-refractivity contribution in [2.75, 3.05) is 19.6 Å². The number of likely N-dealkylation sites (N-methyl/N-ethyl adjacent to an activating group) is 1. The minimum Gasteiger partial charge on any atom is -0.348 e. The SMILES string of the molecule is CCNCCNC(=O)c1nc(C(C)C)n(-c2ccccc2Cl)n1.Cl. The minimum atomic E-state index is -0.282. The summed E-state index contributed by atoms with van der Waals surface area (Å²) in [4.78, 5) is 16.6. The fourth-order valence-corrected chi connectivity index (χ4v) is 2.33. The van der Waals surface area contributed by atoms with Crippen molar-refractivity contribution in [1.82, 2.24) is 25.4 Å². The first-order chi connectivity index (χ1) is 11.0. The first-order valence-electron chi connectivity index (χ1n) is 7.75. The second-order valence-corrected chi connectivity index (χ2v) is 5.83. The van der Waals surface area contributed by atoms with Crippen LogP contribution in [0.25, 0.3) is 5.69 Å². The zero-order valence-electron chi connectivity index (χ0n) is 14.0. The van der Waals surface area contributed by atoms with Crippen molar-refractivity contribution in [1.29, 1.82) is 0 Å². The van der Waals surface area contributed by atoms with Gasteiger partial charge in [0.15, 0.2) is 0 Å². The molecule has 2 N–H and O–H groups in total. The molecule has 6 nitrogen and oxygen atoms in total. The summed E-state index contributed by atoms with van der Waals surface area (Å²) in [7, 11) is 0. The number of halogens is 2. The van der Waals surface area contributed by atoms with E-state index in [4.69, 9.17) is 11.6 Å². The molecule has 0 spiro atoms. The van der Waals surface area contributed by atoms with Crippen LogP contribution in [0.5, 0.6) is 0 Å². The Labute approximate surface area is 153 Å². The number of nitrogens with one attached hydrogen (secondary N) is 2. The van der Waals surface area contributed by atoms with Gasteiger partial charge in [-0.2, -0.15) is 0 Å². The van der Waals surface area contributed by atoms with Crippen molar-refractivity contribution in [3.8, 4) is 5.69 Å². The first kappa shape index (κ1) is 20.4. The summed E-state index contributed by atoms with van der Waals surface area (Å²) >= 11 is 6.25. The van der Waals surface area contributed by atoms with Crippen LogP contribution in [-0.2, 0) is 0 Å². The minimum absolute atomic E-state index is 0. The van der Waals surface area contributed by atoms with Gasteiger partial charge in [0.2, 0.25) is 5.82 Å². The lowest BCUT2D eigenvalue weighted by molar-refractivity contribution is 0.0943. The van der Waals surface area contributed by atoms with Gasteiger partial charge in [0.05, 0.1) is 10.7 Å². The molecule has 2 aromatic rings. The van der Waals surface area contributed by atoms with E-state index in [1.807, 2.05) is 39.0 Å². The van der Waals surface area contributed by atoms with Crippen molar-refractivity contribution in [2.45, 2.75) is 26.7 Å². The van der Waals surface area contributed by atoms with Crippen LogP contribution in [0.2, 0.25) is 5.02 Å². The number of rotatable bonds is 7. The Morgan fingerprint density at radius 3 is 2.62 bits per heavy atom. The lowest BCUT2D eigenvalue weighted by Gasteiger charge is -2.09. The van der Waals surface area contributed by atoms with Crippen LogP contribution < -0.4 is 10.6 Å². The third-order valence-electron chi connectivity index (χ3n) is 3.27. The van der Waals surface area contributed by atoms with Gasteiger partial charge in [-0.1, -0.05) is 44.5 Å². The molecule has 1 aromatic heterocycles. The molecule has 0 saturated carbocycles. The number of benzene rings is 1. The van der Waals surface area contributed by atoms with Crippen LogP contribution in [0, 0.1) is 0 Å². The highest BCUT2D eigenvalue weighted by molar-refractivity contribution is 6.32. The average Bonchev–Trinajstić information content (AvgIpc) is 2.97. The molecule has 0 radical (unpaired) electrons. The van der Waals surface area contributed by atoms with Crippen molar-refractivity contribution < 1.29 is 4.79 Å². The third-order valence-corrected chi connectivity index (χ3v) is 3.59. The quantitative estimate of drug-likeness (QED) is 0.734. The van der Waals surface area contributed by atoms with E-state index in [-0.39, 0.29) is 30.1 Å². The molecule has 0 atom stereocenters. The number of hydrogen-bond donors (Lipinski definition) is 2. The molecule has 24 heavy (non-hydrogen) atoms. The highest BCUT2D eigenvalue weighted by Crippen LogP contribution is 2.23. The molecular weight excluding hydrogens is 349 g/mol. The maximum Gasteiger partial charge on any atom is 0.291 e. The van der Waals surface area contributed by atoms with Gasteiger partial charge in [0.1, 0.15) is 5.82 Å². The molecule has 8 heteroatoms.